The molecule has 0 aliphatic rings. The number of rotatable bonds is 7. The molecule has 0 saturated heterocycles. The molecule has 12 aromatic rings. The maximum absolute atomic E-state index is 9.92. The summed E-state index contributed by atoms with van der Waals surface area (Å²) in [5, 5.41) is 1.08. The molecule has 3 aromatic heterocycles. The Kier molecular flexibility index (Phi) is 5.18. The molecule has 4 nitrogen and oxygen atoms in total. The van der Waals surface area contributed by atoms with Gasteiger partial charge in [0.05, 0.1) is 26.0 Å². The van der Waals surface area contributed by atoms with Gasteiger partial charge in [0.25, 0.3) is 0 Å². The normalized spacial score (nSPS) is 15.8. The molecule has 0 fully saturated rings. The molecule has 0 atom stereocenters. The molecule has 9 aromatic carbocycles. The number of fused-ring (bicyclic) bond motifs is 6. The maximum atomic E-state index is 9.92. The van der Waals surface area contributed by atoms with E-state index in [9.17, 15) is 11.0 Å². The highest BCUT2D eigenvalue weighted by molar-refractivity contribution is 7.26. The lowest BCUT2D eigenvalue weighted by Crippen LogP contribution is -2.00. The maximum Gasteiger partial charge on any atom is 0.164 e. The molecule has 0 aliphatic heterocycles. The van der Waals surface area contributed by atoms with E-state index in [1.165, 1.54) is 0 Å². The Balaban J connectivity index is 1.16. The number of benzene rings is 9. The van der Waals surface area contributed by atoms with Crippen molar-refractivity contribution in [1.29, 1.82) is 0 Å². The van der Waals surface area contributed by atoms with Crippen LogP contribution in [0.3, 0.4) is 0 Å². The second-order valence-electron chi connectivity index (χ2n) is 14.1. The van der Waals surface area contributed by atoms with E-state index >= 15 is 0 Å². The van der Waals surface area contributed by atoms with Gasteiger partial charge in [-0.05, 0) is 99.0 Å². The van der Waals surface area contributed by atoms with Crippen LogP contribution >= 0.6 is 11.3 Å². The molecule has 3 heterocycles. The summed E-state index contributed by atoms with van der Waals surface area (Å²) in [7, 11) is 0. The van der Waals surface area contributed by atoms with Gasteiger partial charge in [0.15, 0.2) is 17.5 Å². The van der Waals surface area contributed by atoms with Crippen LogP contribution in [-0.4, -0.2) is 15.0 Å². The predicted octanol–water partition coefficient (Wildman–Crippen LogP) is 15.8. The van der Waals surface area contributed by atoms with Crippen molar-refractivity contribution in [3.05, 3.63) is 212 Å². The third kappa shape index (κ3) is 6.44. The number of thiophene rings is 1. The van der Waals surface area contributed by atoms with Gasteiger partial charge < -0.3 is 4.42 Å². The van der Waals surface area contributed by atoms with E-state index in [2.05, 4.69) is 0 Å². The molecule has 0 saturated carbocycles. The Morgan fingerprint density at radius 3 is 1.71 bits per heavy atom. The lowest BCUT2D eigenvalue weighted by molar-refractivity contribution is 0.669. The Hall–Kier alpha value is -7.99. The Morgan fingerprint density at radius 1 is 0.371 bits per heavy atom. The number of para-hydroxylation sites is 1. The Labute approximate surface area is 388 Å². The summed E-state index contributed by atoms with van der Waals surface area (Å²) in [5.41, 5.74) is -0.300. The van der Waals surface area contributed by atoms with Crippen molar-refractivity contribution < 1.29 is 30.5 Å². The number of hydrogen-bond acceptors (Lipinski definition) is 5. The highest BCUT2D eigenvalue weighted by Crippen LogP contribution is 2.43. The highest BCUT2D eigenvalue weighted by Gasteiger charge is 2.18. The van der Waals surface area contributed by atoms with Crippen LogP contribution in [0.1, 0.15) is 26.0 Å². The summed E-state index contributed by atoms with van der Waals surface area (Å²) in [6.07, 6.45) is 0. The van der Waals surface area contributed by atoms with Crippen LogP contribution in [0.4, 0.5) is 0 Å². The minimum absolute atomic E-state index is 0.0744. The lowest BCUT2D eigenvalue weighted by Gasteiger charge is -2.12. The topological polar surface area (TPSA) is 51.8 Å². The molecule has 290 valence electrons. The van der Waals surface area contributed by atoms with Crippen molar-refractivity contribution in [2.24, 2.45) is 0 Å². The van der Waals surface area contributed by atoms with Crippen LogP contribution in [0.25, 0.3) is 121 Å². The van der Waals surface area contributed by atoms with Crippen molar-refractivity contribution in [1.82, 2.24) is 15.0 Å². The second kappa shape index (κ2) is 14.9. The SMILES string of the molecule is [2H]c1c([2H])c([2H])c(-c2c([2H])c(-c3c([2H])c([2H])c([2H])c([2H])c3[2H])c([2H])c(-c3c([2H])c([2H])c([2H])c4sc5c([2H])c(-c6nc(-c7ccc(-c8ccccc8)cc7)nc(-c7ccc8oc9ccccc9c8c7)n6)c([2H])c([2H])c5c34)c2[2H])c([2H])c1[2H]. The molecule has 12 rings (SSSR count). The smallest absolute Gasteiger partial charge is 0.164 e. The molecular formula is C57H35N3OS. The third-order valence-electron chi connectivity index (χ3n) is 10.3. The highest BCUT2D eigenvalue weighted by atomic mass is 32.1. The molecule has 5 heteroatoms. The average molecular weight is 829 g/mol. The van der Waals surface area contributed by atoms with Gasteiger partial charge in [-0.15, -0.1) is 11.3 Å². The Morgan fingerprint density at radius 2 is 0.968 bits per heavy atom. The summed E-state index contributed by atoms with van der Waals surface area (Å²) in [6, 6.07) is 14.6. The van der Waals surface area contributed by atoms with Gasteiger partial charge in [-0.1, -0.05) is 157 Å². The van der Waals surface area contributed by atoms with Crippen LogP contribution in [0.5, 0.6) is 0 Å². The lowest BCUT2D eigenvalue weighted by atomic mass is 9.91. The molecule has 0 bridgehead atoms. The van der Waals surface area contributed by atoms with Crippen LogP contribution in [0, 0.1) is 0 Å². The van der Waals surface area contributed by atoms with E-state index in [1.807, 2.05) is 84.9 Å². The molecule has 0 aliphatic carbocycles. The van der Waals surface area contributed by atoms with E-state index in [4.69, 9.17) is 34.4 Å². The monoisotopic (exact) mass is 828 g/mol. The third-order valence-corrected chi connectivity index (χ3v) is 11.3. The fraction of sp³-hybridized carbons (Fsp3) is 0. The van der Waals surface area contributed by atoms with Crippen LogP contribution in [-0.2, 0) is 0 Å². The number of hydrogen-bond donors (Lipinski definition) is 0. The zero-order valence-electron chi connectivity index (χ0n) is 50.9. The molecule has 0 spiro atoms. The first-order chi connectivity index (χ1) is 38.6. The fourth-order valence-corrected chi connectivity index (χ4v) is 8.41. The molecule has 62 heavy (non-hydrogen) atoms. The van der Waals surface area contributed by atoms with Crippen molar-refractivity contribution in [2.75, 3.05) is 0 Å². The van der Waals surface area contributed by atoms with Gasteiger partial charge in [-0.25, -0.2) is 15.0 Å². The average Bonchev–Trinajstić information content (AvgIpc) is 3.34. The largest absolute Gasteiger partial charge is 0.456 e. The fourth-order valence-electron chi connectivity index (χ4n) is 7.39. The molecule has 0 radical (unpaired) electrons. The van der Waals surface area contributed by atoms with Gasteiger partial charge >= 0.3 is 0 Å². The summed E-state index contributed by atoms with van der Waals surface area (Å²) in [6.45, 7) is 0. The van der Waals surface area contributed by atoms with Gasteiger partial charge in [-0.2, -0.15) is 0 Å². The van der Waals surface area contributed by atoms with E-state index in [0.717, 1.165) is 33.2 Å². The van der Waals surface area contributed by atoms with E-state index in [1.54, 1.807) is 12.1 Å². The van der Waals surface area contributed by atoms with E-state index < -0.39 is 148 Å². The van der Waals surface area contributed by atoms with Gasteiger partial charge in [0, 0.05) is 47.6 Å². The Bertz CT molecular complexity index is 4600. The molecule has 0 amide bonds. The summed E-state index contributed by atoms with van der Waals surface area (Å²) in [4.78, 5) is 14.6. The van der Waals surface area contributed by atoms with Gasteiger partial charge in [0.1, 0.15) is 11.2 Å². The van der Waals surface area contributed by atoms with Crippen molar-refractivity contribution in [3.8, 4) is 78.7 Å². The van der Waals surface area contributed by atoms with Gasteiger partial charge in [0.2, 0.25) is 0 Å². The van der Waals surface area contributed by atoms with Crippen LogP contribution in [0.2, 0.25) is 0 Å². The number of nitrogens with zero attached hydrogens (tertiary/aromatic N) is 3. The molecular weight excluding hydrogens is 775 g/mol. The minimum Gasteiger partial charge on any atom is -0.456 e. The van der Waals surface area contributed by atoms with Gasteiger partial charge in [-0.3, -0.25) is 0 Å². The summed E-state index contributed by atoms with van der Waals surface area (Å²) >= 11 is 0.736. The van der Waals surface area contributed by atoms with Crippen molar-refractivity contribution in [3.63, 3.8) is 0 Å². The van der Waals surface area contributed by atoms with E-state index in [0.29, 0.717) is 22.3 Å². The summed E-state index contributed by atoms with van der Waals surface area (Å²) in [5.74, 6) is 0.101. The zero-order chi connectivity index (χ0) is 57.5. The molecule has 0 unspecified atom stereocenters. The first kappa shape index (κ1) is 21.5. The standard InChI is InChI=1S/C57H35N3OS/c1-4-13-36(14-5-1)39-23-25-40(26-24-39)55-58-56(41-28-30-51-49(34-41)47-19-10-11-21-50(47)61-51)60-57(59-55)42-27-29-48-53(35-42)62-52-22-12-20-46(54(48)52)45-32-43(37-15-6-2-7-16-37)31-44(33-45)38-17-8-3-9-18-38/h1-35H/i2D,3D,6D,7D,8D,9D,12D,15D,16D,17D,18D,20D,22D,27D,29D,31D,32D,33D,35D. The second-order valence-corrected chi connectivity index (χ2v) is 15.1. The van der Waals surface area contributed by atoms with Crippen molar-refractivity contribution >= 4 is 53.4 Å². The number of aromatic nitrogens is 3. The van der Waals surface area contributed by atoms with E-state index in [-0.39, 0.29) is 43.2 Å². The first-order valence-electron chi connectivity index (χ1n) is 28.7. The van der Waals surface area contributed by atoms with Crippen LogP contribution in [0.15, 0.2) is 216 Å². The number of furan rings is 1. The molecule has 0 N–H and O–H groups in total. The predicted molar refractivity (Wildman–Crippen MR) is 258 cm³/mol. The van der Waals surface area contributed by atoms with Crippen molar-refractivity contribution in [2.45, 2.75) is 0 Å². The van der Waals surface area contributed by atoms with Crippen LogP contribution < -0.4 is 0 Å². The minimum atomic E-state index is -0.944. The first-order valence-corrected chi connectivity index (χ1v) is 20.0. The zero-order valence-corrected chi connectivity index (χ0v) is 32.7. The quantitative estimate of drug-likeness (QED) is 0.161. The summed E-state index contributed by atoms with van der Waals surface area (Å²) < 4.78 is 179.